The molecule has 1 saturated heterocycles. The first-order chi connectivity index (χ1) is 11.9. The standard InChI is InChI=1S/C18H21FN4O2/c1-11-9-15(23(3)21-11)20-18(25)14-7-8-16(24)22(2)17(14)12-5-4-6-13(19)10-12/h4-6,9-10,14,17H,7-8H2,1-3H3,(H,20,25)/t14-,17-/m1/s1. The Morgan fingerprint density at radius 1 is 1.32 bits per heavy atom. The summed E-state index contributed by atoms with van der Waals surface area (Å²) < 4.78 is 15.3. The molecule has 25 heavy (non-hydrogen) atoms. The average molecular weight is 344 g/mol. The van der Waals surface area contributed by atoms with Crippen molar-refractivity contribution < 1.29 is 14.0 Å². The summed E-state index contributed by atoms with van der Waals surface area (Å²) in [5.74, 6) is -0.489. The number of amides is 2. The zero-order chi connectivity index (χ0) is 18.1. The Morgan fingerprint density at radius 3 is 2.72 bits per heavy atom. The maximum absolute atomic E-state index is 13.7. The summed E-state index contributed by atoms with van der Waals surface area (Å²) in [5, 5.41) is 7.09. The Hall–Kier alpha value is -2.70. The summed E-state index contributed by atoms with van der Waals surface area (Å²) in [6.07, 6.45) is 0.720. The fraction of sp³-hybridized carbons (Fsp3) is 0.389. The molecule has 0 unspecified atom stereocenters. The molecule has 1 N–H and O–H groups in total. The van der Waals surface area contributed by atoms with Gasteiger partial charge in [-0.25, -0.2) is 4.39 Å². The molecule has 0 aliphatic carbocycles. The number of hydrogen-bond donors (Lipinski definition) is 1. The molecule has 2 amide bonds. The number of carbonyl (C=O) groups is 2. The molecule has 1 aromatic heterocycles. The molecule has 0 saturated carbocycles. The van der Waals surface area contributed by atoms with Gasteiger partial charge in [-0.2, -0.15) is 5.10 Å². The van der Waals surface area contributed by atoms with Gasteiger partial charge in [0.25, 0.3) is 0 Å². The molecular formula is C18H21FN4O2. The van der Waals surface area contributed by atoms with Gasteiger partial charge in [0.15, 0.2) is 0 Å². The number of rotatable bonds is 3. The Labute approximate surface area is 145 Å². The lowest BCUT2D eigenvalue weighted by Gasteiger charge is -2.38. The number of hydrogen-bond acceptors (Lipinski definition) is 3. The minimum Gasteiger partial charge on any atom is -0.338 e. The zero-order valence-electron chi connectivity index (χ0n) is 14.5. The van der Waals surface area contributed by atoms with Crippen molar-refractivity contribution in [2.75, 3.05) is 12.4 Å². The second-order valence-corrected chi connectivity index (χ2v) is 6.43. The van der Waals surface area contributed by atoms with Crippen LogP contribution in [0.25, 0.3) is 0 Å². The number of piperidine rings is 1. The quantitative estimate of drug-likeness (QED) is 0.930. The second-order valence-electron chi connectivity index (χ2n) is 6.43. The summed E-state index contributed by atoms with van der Waals surface area (Å²) in [5.41, 5.74) is 1.42. The third-order valence-electron chi connectivity index (χ3n) is 4.64. The van der Waals surface area contributed by atoms with Crippen molar-refractivity contribution in [2.45, 2.75) is 25.8 Å². The zero-order valence-corrected chi connectivity index (χ0v) is 14.5. The van der Waals surface area contributed by atoms with Gasteiger partial charge in [0.1, 0.15) is 11.6 Å². The van der Waals surface area contributed by atoms with Crippen molar-refractivity contribution in [1.29, 1.82) is 0 Å². The fourth-order valence-corrected chi connectivity index (χ4v) is 3.41. The molecule has 1 fully saturated rings. The van der Waals surface area contributed by atoms with Crippen LogP contribution < -0.4 is 5.32 Å². The van der Waals surface area contributed by atoms with Crippen LogP contribution in [0.5, 0.6) is 0 Å². The van der Waals surface area contributed by atoms with Gasteiger partial charge < -0.3 is 10.2 Å². The van der Waals surface area contributed by atoms with Crippen LogP contribution in [0.1, 0.15) is 30.1 Å². The van der Waals surface area contributed by atoms with Crippen molar-refractivity contribution in [3.05, 3.63) is 47.4 Å². The molecule has 2 heterocycles. The third kappa shape index (κ3) is 3.40. The van der Waals surface area contributed by atoms with E-state index in [2.05, 4.69) is 10.4 Å². The van der Waals surface area contributed by atoms with Gasteiger partial charge >= 0.3 is 0 Å². The van der Waals surface area contributed by atoms with Crippen LogP contribution in [-0.2, 0) is 16.6 Å². The van der Waals surface area contributed by atoms with Crippen molar-refractivity contribution in [1.82, 2.24) is 14.7 Å². The molecule has 2 atom stereocenters. The average Bonchev–Trinajstić information content (AvgIpc) is 2.87. The van der Waals surface area contributed by atoms with Gasteiger partial charge in [-0.1, -0.05) is 12.1 Å². The monoisotopic (exact) mass is 344 g/mol. The van der Waals surface area contributed by atoms with E-state index in [-0.39, 0.29) is 17.6 Å². The summed E-state index contributed by atoms with van der Waals surface area (Å²) >= 11 is 0. The molecule has 1 aromatic carbocycles. The van der Waals surface area contributed by atoms with Crippen molar-refractivity contribution >= 4 is 17.6 Å². The molecule has 7 heteroatoms. The van der Waals surface area contributed by atoms with Crippen LogP contribution in [0.15, 0.2) is 30.3 Å². The normalized spacial score (nSPS) is 20.6. The highest BCUT2D eigenvalue weighted by molar-refractivity contribution is 5.94. The highest BCUT2D eigenvalue weighted by atomic mass is 19.1. The molecule has 132 valence electrons. The number of benzene rings is 1. The topological polar surface area (TPSA) is 67.2 Å². The van der Waals surface area contributed by atoms with E-state index in [0.717, 1.165) is 5.69 Å². The van der Waals surface area contributed by atoms with Crippen LogP contribution in [0.3, 0.4) is 0 Å². The number of halogens is 1. The number of aromatic nitrogens is 2. The number of anilines is 1. The van der Waals surface area contributed by atoms with E-state index in [4.69, 9.17) is 0 Å². The summed E-state index contributed by atoms with van der Waals surface area (Å²) in [6.45, 7) is 1.85. The molecule has 6 nitrogen and oxygen atoms in total. The first kappa shape index (κ1) is 17.1. The first-order valence-corrected chi connectivity index (χ1v) is 8.19. The molecule has 0 bridgehead atoms. The summed E-state index contributed by atoms with van der Waals surface area (Å²) in [4.78, 5) is 26.5. The van der Waals surface area contributed by atoms with Gasteiger partial charge in [-0.15, -0.1) is 0 Å². The largest absolute Gasteiger partial charge is 0.338 e. The predicted molar refractivity (Wildman–Crippen MR) is 91.2 cm³/mol. The number of carbonyl (C=O) groups excluding carboxylic acids is 2. The number of likely N-dealkylation sites (tertiary alicyclic amines) is 1. The maximum Gasteiger partial charge on any atom is 0.231 e. The van der Waals surface area contributed by atoms with Crippen LogP contribution in [0, 0.1) is 18.7 Å². The van der Waals surface area contributed by atoms with E-state index >= 15 is 0 Å². The first-order valence-electron chi connectivity index (χ1n) is 8.19. The van der Waals surface area contributed by atoms with Crippen LogP contribution in [-0.4, -0.2) is 33.5 Å². The van der Waals surface area contributed by atoms with Crippen molar-refractivity contribution in [3.8, 4) is 0 Å². The lowest BCUT2D eigenvalue weighted by molar-refractivity contribution is -0.140. The fourth-order valence-electron chi connectivity index (χ4n) is 3.41. The van der Waals surface area contributed by atoms with E-state index in [1.54, 1.807) is 37.0 Å². The van der Waals surface area contributed by atoms with Gasteiger partial charge in [0.2, 0.25) is 11.8 Å². The third-order valence-corrected chi connectivity index (χ3v) is 4.64. The maximum atomic E-state index is 13.7. The molecule has 1 aliphatic heterocycles. The Kier molecular flexibility index (Phi) is 4.57. The molecule has 3 rings (SSSR count). The Balaban J connectivity index is 1.90. The van der Waals surface area contributed by atoms with Gasteiger partial charge in [-0.05, 0) is 31.0 Å². The smallest absolute Gasteiger partial charge is 0.231 e. The van der Waals surface area contributed by atoms with Crippen LogP contribution in [0.2, 0.25) is 0 Å². The Morgan fingerprint density at radius 2 is 2.08 bits per heavy atom. The predicted octanol–water partition coefficient (Wildman–Crippen LogP) is 2.42. The van der Waals surface area contributed by atoms with Crippen LogP contribution >= 0.6 is 0 Å². The molecular weight excluding hydrogens is 323 g/mol. The van der Waals surface area contributed by atoms with Crippen molar-refractivity contribution in [2.24, 2.45) is 13.0 Å². The SMILES string of the molecule is Cc1cc(NC(=O)[C@@H]2CCC(=O)N(C)[C@@H]2c2cccc(F)c2)n(C)n1. The van der Waals surface area contributed by atoms with Crippen molar-refractivity contribution in [3.63, 3.8) is 0 Å². The highest BCUT2D eigenvalue weighted by Crippen LogP contribution is 2.36. The lowest BCUT2D eigenvalue weighted by atomic mass is 9.84. The highest BCUT2D eigenvalue weighted by Gasteiger charge is 2.39. The molecule has 0 spiro atoms. The Bertz CT molecular complexity index is 817. The molecule has 2 aromatic rings. The second kappa shape index (κ2) is 6.66. The minimum absolute atomic E-state index is 0.0466. The lowest BCUT2D eigenvalue weighted by Crippen LogP contribution is -2.44. The van der Waals surface area contributed by atoms with E-state index in [1.807, 2.05) is 6.92 Å². The van der Waals surface area contributed by atoms with E-state index in [1.165, 1.54) is 17.0 Å². The summed E-state index contributed by atoms with van der Waals surface area (Å²) in [6, 6.07) is 7.36. The summed E-state index contributed by atoms with van der Waals surface area (Å²) in [7, 11) is 3.41. The van der Waals surface area contributed by atoms with E-state index in [0.29, 0.717) is 24.2 Å². The van der Waals surface area contributed by atoms with Gasteiger partial charge in [0, 0.05) is 26.6 Å². The molecule has 0 radical (unpaired) electrons. The number of nitrogens with zero attached hydrogens (tertiary/aromatic N) is 3. The number of nitrogens with one attached hydrogen (secondary N) is 1. The van der Waals surface area contributed by atoms with E-state index in [9.17, 15) is 14.0 Å². The van der Waals surface area contributed by atoms with E-state index < -0.39 is 12.0 Å². The minimum atomic E-state index is -0.494. The number of aryl methyl sites for hydroxylation is 2. The van der Waals surface area contributed by atoms with Gasteiger partial charge in [0.05, 0.1) is 17.7 Å². The molecule has 1 aliphatic rings. The van der Waals surface area contributed by atoms with Gasteiger partial charge in [-0.3, -0.25) is 14.3 Å². The van der Waals surface area contributed by atoms with Crippen LogP contribution in [0.4, 0.5) is 10.2 Å².